The lowest BCUT2D eigenvalue weighted by atomic mass is 9.92. The summed E-state index contributed by atoms with van der Waals surface area (Å²) < 4.78 is 0. The van der Waals surface area contributed by atoms with E-state index in [0.717, 1.165) is 17.8 Å². The molecule has 1 aliphatic rings. The molecule has 154 valence electrons. The lowest BCUT2D eigenvalue weighted by Gasteiger charge is -2.32. The zero-order valence-electron chi connectivity index (χ0n) is 17.7. The van der Waals surface area contributed by atoms with Gasteiger partial charge in [0.2, 0.25) is 6.41 Å². The van der Waals surface area contributed by atoms with E-state index < -0.39 is 0 Å². The smallest absolute Gasteiger partial charge is 0.272 e. The lowest BCUT2D eigenvalue weighted by molar-refractivity contribution is -0.119. The Balaban J connectivity index is 1.84. The molecule has 1 aromatic carbocycles. The SMILES string of the molecule is CC(C)c1cccc(C(C)C)c1Nc1ccnc(C(=O)N2CCN(C=O)CC2)c1. The number of piperazine rings is 1. The lowest BCUT2D eigenvalue weighted by Crippen LogP contribution is -2.48. The molecule has 0 atom stereocenters. The van der Waals surface area contributed by atoms with Crippen LogP contribution in [0.5, 0.6) is 0 Å². The van der Waals surface area contributed by atoms with E-state index in [0.29, 0.717) is 43.7 Å². The van der Waals surface area contributed by atoms with Crippen molar-refractivity contribution in [1.82, 2.24) is 14.8 Å². The molecule has 29 heavy (non-hydrogen) atoms. The van der Waals surface area contributed by atoms with Crippen LogP contribution in [0, 0.1) is 0 Å². The van der Waals surface area contributed by atoms with Crippen LogP contribution < -0.4 is 5.32 Å². The van der Waals surface area contributed by atoms with Gasteiger partial charge in [0.15, 0.2) is 0 Å². The van der Waals surface area contributed by atoms with Crippen LogP contribution in [-0.2, 0) is 4.79 Å². The number of aromatic nitrogens is 1. The number of amides is 2. The number of pyridine rings is 1. The maximum Gasteiger partial charge on any atom is 0.272 e. The number of rotatable bonds is 6. The summed E-state index contributed by atoms with van der Waals surface area (Å²) in [6, 6.07) is 10.1. The van der Waals surface area contributed by atoms with E-state index in [1.165, 1.54) is 11.1 Å². The number of nitrogens with one attached hydrogen (secondary N) is 1. The maximum atomic E-state index is 12.9. The van der Waals surface area contributed by atoms with E-state index >= 15 is 0 Å². The second-order valence-corrected chi connectivity index (χ2v) is 8.11. The standard InChI is InChI=1S/C23H30N4O2/c1-16(2)19-6-5-7-20(17(3)4)22(19)25-18-8-9-24-21(14-18)23(29)27-12-10-26(15-28)11-13-27/h5-9,14-17H,10-13H2,1-4H3,(H,24,25). The van der Waals surface area contributed by atoms with Gasteiger partial charge in [0.25, 0.3) is 5.91 Å². The summed E-state index contributed by atoms with van der Waals surface area (Å²) in [6.45, 7) is 10.9. The fourth-order valence-corrected chi connectivity index (χ4v) is 3.66. The largest absolute Gasteiger partial charge is 0.355 e. The first-order chi connectivity index (χ1) is 13.9. The van der Waals surface area contributed by atoms with Crippen LogP contribution in [0.25, 0.3) is 0 Å². The van der Waals surface area contributed by atoms with Crippen molar-refractivity contribution in [3.8, 4) is 0 Å². The number of anilines is 2. The van der Waals surface area contributed by atoms with Crippen molar-refractivity contribution in [3.63, 3.8) is 0 Å². The normalized spacial score (nSPS) is 14.4. The Bertz CT molecular complexity index is 845. The highest BCUT2D eigenvalue weighted by molar-refractivity contribution is 5.93. The van der Waals surface area contributed by atoms with Crippen LogP contribution in [0.2, 0.25) is 0 Å². The number of carbonyl (C=O) groups excluding carboxylic acids is 2. The molecule has 0 unspecified atom stereocenters. The average Bonchev–Trinajstić information content (AvgIpc) is 2.73. The van der Waals surface area contributed by atoms with E-state index in [4.69, 9.17) is 0 Å². The van der Waals surface area contributed by atoms with Gasteiger partial charge in [0.1, 0.15) is 5.69 Å². The van der Waals surface area contributed by atoms with Gasteiger partial charge in [0.05, 0.1) is 0 Å². The first kappa shape index (κ1) is 20.8. The van der Waals surface area contributed by atoms with Crippen LogP contribution in [0.3, 0.4) is 0 Å². The molecule has 0 saturated carbocycles. The number of para-hydroxylation sites is 1. The minimum atomic E-state index is -0.0968. The van der Waals surface area contributed by atoms with Crippen LogP contribution in [0.15, 0.2) is 36.5 Å². The average molecular weight is 395 g/mol. The summed E-state index contributed by atoms with van der Waals surface area (Å²) in [5.41, 5.74) is 4.89. The third-order valence-electron chi connectivity index (χ3n) is 5.37. The van der Waals surface area contributed by atoms with Gasteiger partial charge in [-0.1, -0.05) is 45.9 Å². The Morgan fingerprint density at radius 2 is 1.66 bits per heavy atom. The van der Waals surface area contributed by atoms with Gasteiger partial charge < -0.3 is 15.1 Å². The van der Waals surface area contributed by atoms with E-state index in [2.05, 4.69) is 56.2 Å². The highest BCUT2D eigenvalue weighted by Crippen LogP contribution is 2.34. The molecule has 1 aromatic heterocycles. The topological polar surface area (TPSA) is 65.5 Å². The van der Waals surface area contributed by atoms with Gasteiger partial charge in [0, 0.05) is 43.8 Å². The van der Waals surface area contributed by atoms with Crippen molar-refractivity contribution in [1.29, 1.82) is 0 Å². The fraction of sp³-hybridized carbons (Fsp3) is 0.435. The highest BCUT2D eigenvalue weighted by Gasteiger charge is 2.22. The van der Waals surface area contributed by atoms with Gasteiger partial charge in [-0.25, -0.2) is 0 Å². The van der Waals surface area contributed by atoms with E-state index in [1.807, 2.05) is 12.1 Å². The van der Waals surface area contributed by atoms with Gasteiger partial charge in [-0.3, -0.25) is 14.6 Å². The Hall–Kier alpha value is -2.89. The Morgan fingerprint density at radius 1 is 1.03 bits per heavy atom. The molecule has 3 rings (SSSR count). The zero-order valence-corrected chi connectivity index (χ0v) is 17.7. The third-order valence-corrected chi connectivity index (χ3v) is 5.37. The van der Waals surface area contributed by atoms with Crippen molar-refractivity contribution in [2.45, 2.75) is 39.5 Å². The molecule has 2 heterocycles. The number of carbonyl (C=O) groups is 2. The van der Waals surface area contributed by atoms with Crippen molar-refractivity contribution in [2.24, 2.45) is 0 Å². The maximum absolute atomic E-state index is 12.9. The molecule has 2 aromatic rings. The quantitative estimate of drug-likeness (QED) is 0.753. The molecule has 1 saturated heterocycles. The van der Waals surface area contributed by atoms with Crippen LogP contribution in [0.4, 0.5) is 11.4 Å². The van der Waals surface area contributed by atoms with Crippen molar-refractivity contribution < 1.29 is 9.59 Å². The van der Waals surface area contributed by atoms with Gasteiger partial charge in [-0.15, -0.1) is 0 Å². The Morgan fingerprint density at radius 3 is 2.21 bits per heavy atom. The van der Waals surface area contributed by atoms with Crippen LogP contribution in [0.1, 0.15) is 61.1 Å². The molecular weight excluding hydrogens is 364 g/mol. The molecule has 1 fully saturated rings. The van der Waals surface area contributed by atoms with Crippen molar-refractivity contribution in [3.05, 3.63) is 53.3 Å². The highest BCUT2D eigenvalue weighted by atomic mass is 16.2. The molecule has 6 heteroatoms. The summed E-state index contributed by atoms with van der Waals surface area (Å²) in [5.74, 6) is 0.668. The molecule has 2 amide bonds. The number of nitrogens with zero attached hydrogens (tertiary/aromatic N) is 3. The minimum Gasteiger partial charge on any atom is -0.355 e. The van der Waals surface area contributed by atoms with Crippen molar-refractivity contribution in [2.75, 3.05) is 31.5 Å². The van der Waals surface area contributed by atoms with E-state index in [9.17, 15) is 9.59 Å². The molecule has 0 bridgehead atoms. The van der Waals surface area contributed by atoms with E-state index in [1.54, 1.807) is 16.0 Å². The minimum absolute atomic E-state index is 0.0968. The summed E-state index contributed by atoms with van der Waals surface area (Å²) in [7, 11) is 0. The Kier molecular flexibility index (Phi) is 6.52. The molecule has 0 aliphatic carbocycles. The monoisotopic (exact) mass is 394 g/mol. The van der Waals surface area contributed by atoms with Gasteiger partial charge >= 0.3 is 0 Å². The van der Waals surface area contributed by atoms with E-state index in [-0.39, 0.29) is 5.91 Å². The first-order valence-electron chi connectivity index (χ1n) is 10.2. The molecule has 6 nitrogen and oxygen atoms in total. The fourth-order valence-electron chi connectivity index (χ4n) is 3.66. The first-order valence-corrected chi connectivity index (χ1v) is 10.2. The molecular formula is C23H30N4O2. The van der Waals surface area contributed by atoms with Gasteiger partial charge in [-0.05, 0) is 35.1 Å². The second kappa shape index (κ2) is 9.07. The molecule has 1 aliphatic heterocycles. The predicted octanol–water partition coefficient (Wildman–Crippen LogP) is 3.99. The number of hydrogen-bond donors (Lipinski definition) is 1. The second-order valence-electron chi connectivity index (χ2n) is 8.11. The van der Waals surface area contributed by atoms with Crippen LogP contribution >= 0.6 is 0 Å². The molecule has 0 radical (unpaired) electrons. The number of hydrogen-bond acceptors (Lipinski definition) is 4. The number of benzene rings is 1. The summed E-state index contributed by atoms with van der Waals surface area (Å²) in [4.78, 5) is 31.5. The summed E-state index contributed by atoms with van der Waals surface area (Å²) in [6.07, 6.45) is 2.51. The van der Waals surface area contributed by atoms with Crippen molar-refractivity contribution >= 4 is 23.7 Å². The third kappa shape index (κ3) is 4.75. The summed E-state index contributed by atoms with van der Waals surface area (Å²) >= 11 is 0. The Labute approximate surface area is 172 Å². The predicted molar refractivity (Wildman–Crippen MR) is 116 cm³/mol. The zero-order chi connectivity index (χ0) is 21.0. The molecule has 0 spiro atoms. The van der Waals surface area contributed by atoms with Gasteiger partial charge in [-0.2, -0.15) is 0 Å². The van der Waals surface area contributed by atoms with Crippen LogP contribution in [-0.4, -0.2) is 53.3 Å². The molecule has 1 N–H and O–H groups in total. The summed E-state index contributed by atoms with van der Waals surface area (Å²) in [5, 5.41) is 3.55.